The Morgan fingerprint density at radius 2 is 1.71 bits per heavy atom. The van der Waals surface area contributed by atoms with E-state index in [0.29, 0.717) is 22.1 Å². The SMILES string of the molecule is COc1cc2[nH]c(=S)nc(Nc3ccc(C)c(C)c3)c2cc1OC. The van der Waals surface area contributed by atoms with E-state index < -0.39 is 0 Å². The molecule has 1 aromatic heterocycles. The van der Waals surface area contributed by atoms with Crippen LogP contribution in [0.25, 0.3) is 10.9 Å². The van der Waals surface area contributed by atoms with Gasteiger partial charge in [-0.05, 0) is 55.4 Å². The number of aryl methyl sites for hydroxylation is 2. The molecule has 2 aromatic carbocycles. The van der Waals surface area contributed by atoms with Gasteiger partial charge in [0.05, 0.1) is 19.7 Å². The predicted octanol–water partition coefficient (Wildman–Crippen LogP) is 4.67. The Balaban J connectivity index is 2.15. The Bertz CT molecular complexity index is 966. The van der Waals surface area contributed by atoms with Crippen LogP contribution in [0.15, 0.2) is 30.3 Å². The smallest absolute Gasteiger partial charge is 0.199 e. The minimum Gasteiger partial charge on any atom is -0.493 e. The van der Waals surface area contributed by atoms with E-state index in [1.54, 1.807) is 14.2 Å². The number of methoxy groups -OCH3 is 2. The second kappa shape index (κ2) is 6.49. The van der Waals surface area contributed by atoms with Crippen LogP contribution in [0.2, 0.25) is 0 Å². The van der Waals surface area contributed by atoms with Gasteiger partial charge in [-0.3, -0.25) is 0 Å². The highest BCUT2D eigenvalue weighted by Crippen LogP contribution is 2.34. The summed E-state index contributed by atoms with van der Waals surface area (Å²) in [5.74, 6) is 1.96. The van der Waals surface area contributed by atoms with Gasteiger partial charge in [-0.1, -0.05) is 6.07 Å². The normalized spacial score (nSPS) is 10.7. The van der Waals surface area contributed by atoms with E-state index in [2.05, 4.69) is 41.3 Å². The molecule has 24 heavy (non-hydrogen) atoms. The Labute approximate surface area is 145 Å². The van der Waals surface area contributed by atoms with E-state index in [-0.39, 0.29) is 0 Å². The average molecular weight is 341 g/mol. The standard InChI is InChI=1S/C18H19N3O2S/c1-10-5-6-12(7-11(10)2)19-17-13-8-15(22-3)16(23-4)9-14(13)20-18(24)21-17/h5-9H,1-4H3,(H2,19,20,21,24). The first-order chi connectivity index (χ1) is 11.5. The number of anilines is 2. The number of hydrogen-bond donors (Lipinski definition) is 2. The molecule has 0 amide bonds. The summed E-state index contributed by atoms with van der Waals surface area (Å²) in [5, 5.41) is 4.22. The number of aromatic nitrogens is 2. The molecular formula is C18H19N3O2S. The second-order valence-electron chi connectivity index (χ2n) is 5.57. The van der Waals surface area contributed by atoms with Crippen molar-refractivity contribution < 1.29 is 9.47 Å². The maximum Gasteiger partial charge on any atom is 0.199 e. The number of aromatic amines is 1. The molecule has 0 aliphatic carbocycles. The number of fused-ring (bicyclic) bond motifs is 1. The van der Waals surface area contributed by atoms with Crippen LogP contribution in [0, 0.1) is 18.6 Å². The zero-order chi connectivity index (χ0) is 17.3. The summed E-state index contributed by atoms with van der Waals surface area (Å²) in [6.07, 6.45) is 0. The molecule has 6 heteroatoms. The van der Waals surface area contributed by atoms with E-state index in [4.69, 9.17) is 21.7 Å². The minimum absolute atomic E-state index is 0.404. The van der Waals surface area contributed by atoms with Crippen molar-refractivity contribution in [3.05, 3.63) is 46.2 Å². The van der Waals surface area contributed by atoms with Crippen molar-refractivity contribution in [1.29, 1.82) is 0 Å². The van der Waals surface area contributed by atoms with Crippen LogP contribution in [0.3, 0.4) is 0 Å². The molecule has 0 spiro atoms. The van der Waals surface area contributed by atoms with Crippen molar-refractivity contribution in [2.45, 2.75) is 13.8 Å². The third-order valence-electron chi connectivity index (χ3n) is 4.00. The van der Waals surface area contributed by atoms with Gasteiger partial charge in [0, 0.05) is 17.1 Å². The maximum absolute atomic E-state index is 5.39. The van der Waals surface area contributed by atoms with E-state index in [9.17, 15) is 0 Å². The third kappa shape index (κ3) is 3.05. The molecule has 0 atom stereocenters. The fourth-order valence-corrected chi connectivity index (χ4v) is 2.74. The van der Waals surface area contributed by atoms with Crippen LogP contribution in [0.1, 0.15) is 11.1 Å². The topological polar surface area (TPSA) is 59.2 Å². The van der Waals surface area contributed by atoms with E-state index >= 15 is 0 Å². The number of benzene rings is 2. The van der Waals surface area contributed by atoms with Gasteiger partial charge < -0.3 is 19.8 Å². The third-order valence-corrected chi connectivity index (χ3v) is 4.20. The van der Waals surface area contributed by atoms with Crippen molar-refractivity contribution in [3.63, 3.8) is 0 Å². The monoisotopic (exact) mass is 341 g/mol. The second-order valence-corrected chi connectivity index (χ2v) is 5.95. The van der Waals surface area contributed by atoms with E-state index in [1.807, 2.05) is 18.2 Å². The molecule has 0 saturated carbocycles. The van der Waals surface area contributed by atoms with Crippen molar-refractivity contribution in [1.82, 2.24) is 9.97 Å². The fourth-order valence-electron chi connectivity index (χ4n) is 2.53. The van der Waals surface area contributed by atoms with Crippen molar-refractivity contribution in [3.8, 4) is 11.5 Å². The van der Waals surface area contributed by atoms with E-state index in [0.717, 1.165) is 16.6 Å². The quantitative estimate of drug-likeness (QED) is 0.675. The zero-order valence-electron chi connectivity index (χ0n) is 14.1. The first-order valence-corrected chi connectivity index (χ1v) is 7.93. The van der Waals surface area contributed by atoms with Gasteiger partial charge in [-0.25, -0.2) is 4.98 Å². The van der Waals surface area contributed by atoms with Crippen LogP contribution in [-0.2, 0) is 0 Å². The summed E-state index contributed by atoms with van der Waals surface area (Å²) in [6.45, 7) is 4.17. The molecule has 3 rings (SSSR count). The first kappa shape index (κ1) is 16.3. The zero-order valence-corrected chi connectivity index (χ0v) is 14.9. The van der Waals surface area contributed by atoms with Gasteiger partial charge >= 0.3 is 0 Å². The number of H-pyrrole nitrogens is 1. The van der Waals surface area contributed by atoms with Gasteiger partial charge in [0.25, 0.3) is 0 Å². The first-order valence-electron chi connectivity index (χ1n) is 7.52. The number of nitrogens with zero attached hydrogens (tertiary/aromatic N) is 1. The lowest BCUT2D eigenvalue weighted by Crippen LogP contribution is -1.99. The summed E-state index contributed by atoms with van der Waals surface area (Å²) in [6, 6.07) is 9.93. The van der Waals surface area contributed by atoms with Crippen LogP contribution in [0.5, 0.6) is 11.5 Å². The predicted molar refractivity (Wildman–Crippen MR) is 99.2 cm³/mol. The van der Waals surface area contributed by atoms with Crippen molar-refractivity contribution in [2.75, 3.05) is 19.5 Å². The number of ether oxygens (including phenoxy) is 2. The summed E-state index contributed by atoms with van der Waals surface area (Å²) >= 11 is 5.25. The van der Waals surface area contributed by atoms with Crippen molar-refractivity contribution >= 4 is 34.6 Å². The molecule has 0 bridgehead atoms. The van der Waals surface area contributed by atoms with Gasteiger partial charge in [0.15, 0.2) is 16.3 Å². The van der Waals surface area contributed by atoms with Gasteiger partial charge in [0.2, 0.25) is 0 Å². The molecule has 1 heterocycles. The molecule has 2 N–H and O–H groups in total. The molecule has 124 valence electrons. The van der Waals surface area contributed by atoms with Crippen LogP contribution < -0.4 is 14.8 Å². The molecular weight excluding hydrogens is 322 g/mol. The number of rotatable bonds is 4. The van der Waals surface area contributed by atoms with Crippen molar-refractivity contribution in [2.24, 2.45) is 0 Å². The Morgan fingerprint density at radius 3 is 2.38 bits per heavy atom. The highest BCUT2D eigenvalue weighted by molar-refractivity contribution is 7.71. The van der Waals surface area contributed by atoms with Crippen LogP contribution in [-0.4, -0.2) is 24.2 Å². The summed E-state index contributed by atoms with van der Waals surface area (Å²) in [7, 11) is 3.21. The average Bonchev–Trinajstić information content (AvgIpc) is 2.57. The van der Waals surface area contributed by atoms with Crippen LogP contribution in [0.4, 0.5) is 11.5 Å². The summed E-state index contributed by atoms with van der Waals surface area (Å²) in [4.78, 5) is 7.52. The molecule has 5 nitrogen and oxygen atoms in total. The highest BCUT2D eigenvalue weighted by atomic mass is 32.1. The molecule has 0 saturated heterocycles. The lowest BCUT2D eigenvalue weighted by Gasteiger charge is -2.13. The molecule has 3 aromatic rings. The Hall–Kier alpha value is -2.60. The summed E-state index contributed by atoms with van der Waals surface area (Å²) in [5.41, 5.74) is 4.25. The molecule has 0 unspecified atom stereocenters. The maximum atomic E-state index is 5.39. The van der Waals surface area contributed by atoms with E-state index in [1.165, 1.54) is 11.1 Å². The number of nitrogens with one attached hydrogen (secondary N) is 2. The molecule has 0 radical (unpaired) electrons. The lowest BCUT2D eigenvalue weighted by atomic mass is 10.1. The Kier molecular flexibility index (Phi) is 4.40. The summed E-state index contributed by atoms with van der Waals surface area (Å²) < 4.78 is 11.1. The molecule has 0 aliphatic heterocycles. The van der Waals surface area contributed by atoms with Crippen LogP contribution >= 0.6 is 12.2 Å². The van der Waals surface area contributed by atoms with Gasteiger partial charge in [0.1, 0.15) is 5.82 Å². The fraction of sp³-hybridized carbons (Fsp3) is 0.222. The Morgan fingerprint density at radius 1 is 1.00 bits per heavy atom. The minimum atomic E-state index is 0.404. The highest BCUT2D eigenvalue weighted by Gasteiger charge is 2.11. The largest absolute Gasteiger partial charge is 0.493 e. The van der Waals surface area contributed by atoms with Gasteiger partial charge in [-0.2, -0.15) is 0 Å². The molecule has 0 aliphatic rings. The number of hydrogen-bond acceptors (Lipinski definition) is 5. The molecule has 0 fully saturated rings. The lowest BCUT2D eigenvalue weighted by molar-refractivity contribution is 0.356. The van der Waals surface area contributed by atoms with Gasteiger partial charge in [-0.15, -0.1) is 0 Å².